The first kappa shape index (κ1) is 15.5. The van der Waals surface area contributed by atoms with Crippen LogP contribution in [0.4, 0.5) is 0 Å². The standard InChI is InChI=1S/C17H26N2S/c1-14(2)18-10-9-15-13-19(11-6-12-20-3)17-8-5-4-7-16(15)17/h4-5,7-8,13-14,18H,6,9-12H2,1-3H3. The lowest BCUT2D eigenvalue weighted by molar-refractivity contribution is 0.590. The van der Waals surface area contributed by atoms with Crippen LogP contribution in [0.3, 0.4) is 0 Å². The second-order valence-electron chi connectivity index (χ2n) is 5.57. The molecule has 3 heteroatoms. The van der Waals surface area contributed by atoms with Crippen LogP contribution in [0.2, 0.25) is 0 Å². The van der Waals surface area contributed by atoms with E-state index in [1.807, 2.05) is 11.8 Å². The molecule has 1 aromatic carbocycles. The lowest BCUT2D eigenvalue weighted by atomic mass is 10.1. The van der Waals surface area contributed by atoms with Crippen LogP contribution < -0.4 is 5.32 Å². The number of rotatable bonds is 8. The van der Waals surface area contributed by atoms with E-state index in [1.165, 1.54) is 28.6 Å². The molecular formula is C17H26N2S. The van der Waals surface area contributed by atoms with Crippen molar-refractivity contribution in [1.82, 2.24) is 9.88 Å². The van der Waals surface area contributed by atoms with Crippen LogP contribution in [0.5, 0.6) is 0 Å². The number of aromatic nitrogens is 1. The molecule has 1 N–H and O–H groups in total. The van der Waals surface area contributed by atoms with E-state index < -0.39 is 0 Å². The number of thioether (sulfide) groups is 1. The first-order valence-corrected chi connectivity index (χ1v) is 8.91. The Morgan fingerprint density at radius 3 is 2.80 bits per heavy atom. The fraction of sp³-hybridized carbons (Fsp3) is 0.529. The maximum absolute atomic E-state index is 3.51. The van der Waals surface area contributed by atoms with Gasteiger partial charge in [-0.15, -0.1) is 0 Å². The molecule has 2 rings (SSSR count). The van der Waals surface area contributed by atoms with Crippen LogP contribution in [0.15, 0.2) is 30.5 Å². The van der Waals surface area contributed by atoms with Gasteiger partial charge in [0.1, 0.15) is 0 Å². The topological polar surface area (TPSA) is 17.0 Å². The van der Waals surface area contributed by atoms with Gasteiger partial charge in [0.05, 0.1) is 0 Å². The number of aryl methyl sites for hydroxylation is 1. The third kappa shape index (κ3) is 4.03. The van der Waals surface area contributed by atoms with Gasteiger partial charge in [-0.3, -0.25) is 0 Å². The van der Waals surface area contributed by atoms with Crippen LogP contribution in [0, 0.1) is 0 Å². The lowest BCUT2D eigenvalue weighted by Gasteiger charge is -2.06. The Hall–Kier alpha value is -0.930. The van der Waals surface area contributed by atoms with Crippen molar-refractivity contribution in [2.75, 3.05) is 18.6 Å². The molecule has 1 aromatic heterocycles. The summed E-state index contributed by atoms with van der Waals surface area (Å²) < 4.78 is 2.43. The zero-order valence-corrected chi connectivity index (χ0v) is 13.7. The van der Waals surface area contributed by atoms with Gasteiger partial charge in [-0.05, 0) is 43.0 Å². The maximum Gasteiger partial charge on any atom is 0.0483 e. The largest absolute Gasteiger partial charge is 0.347 e. The van der Waals surface area contributed by atoms with Crippen LogP contribution in [-0.4, -0.2) is 29.2 Å². The minimum Gasteiger partial charge on any atom is -0.347 e. The van der Waals surface area contributed by atoms with Crippen molar-refractivity contribution in [1.29, 1.82) is 0 Å². The van der Waals surface area contributed by atoms with E-state index in [0.717, 1.165) is 19.5 Å². The molecule has 0 unspecified atom stereocenters. The van der Waals surface area contributed by atoms with Crippen molar-refractivity contribution >= 4 is 22.7 Å². The number of nitrogens with zero attached hydrogens (tertiary/aromatic N) is 1. The van der Waals surface area contributed by atoms with Gasteiger partial charge >= 0.3 is 0 Å². The number of benzene rings is 1. The Bertz CT molecular complexity index is 531. The molecule has 0 spiro atoms. The normalized spacial score (nSPS) is 11.6. The zero-order valence-electron chi connectivity index (χ0n) is 12.9. The minimum atomic E-state index is 0.560. The SMILES string of the molecule is CSCCCn1cc(CCNC(C)C)c2ccccc21. The molecule has 2 aromatic rings. The van der Waals surface area contributed by atoms with Gasteiger partial charge in [0.15, 0.2) is 0 Å². The highest BCUT2D eigenvalue weighted by Gasteiger charge is 2.07. The molecule has 0 radical (unpaired) electrons. The molecule has 0 aliphatic heterocycles. The Morgan fingerprint density at radius 2 is 2.05 bits per heavy atom. The van der Waals surface area contributed by atoms with Gasteiger partial charge in [0, 0.05) is 29.7 Å². The zero-order chi connectivity index (χ0) is 14.4. The molecular weight excluding hydrogens is 264 g/mol. The highest BCUT2D eigenvalue weighted by molar-refractivity contribution is 7.98. The molecule has 0 bridgehead atoms. The molecule has 110 valence electrons. The minimum absolute atomic E-state index is 0.560. The van der Waals surface area contributed by atoms with E-state index in [0.29, 0.717) is 6.04 Å². The van der Waals surface area contributed by atoms with Gasteiger partial charge in [-0.1, -0.05) is 32.0 Å². The van der Waals surface area contributed by atoms with Gasteiger partial charge in [-0.2, -0.15) is 11.8 Å². The molecule has 20 heavy (non-hydrogen) atoms. The maximum atomic E-state index is 3.51. The summed E-state index contributed by atoms with van der Waals surface area (Å²) in [7, 11) is 0. The smallest absolute Gasteiger partial charge is 0.0483 e. The van der Waals surface area contributed by atoms with Gasteiger partial charge in [0.2, 0.25) is 0 Å². The van der Waals surface area contributed by atoms with E-state index in [2.05, 4.69) is 60.4 Å². The Labute approximate surface area is 126 Å². The van der Waals surface area contributed by atoms with Gasteiger partial charge in [0.25, 0.3) is 0 Å². The number of para-hydroxylation sites is 1. The third-order valence-electron chi connectivity index (χ3n) is 3.57. The predicted molar refractivity (Wildman–Crippen MR) is 91.8 cm³/mol. The molecule has 0 aliphatic carbocycles. The van der Waals surface area contributed by atoms with Crippen molar-refractivity contribution in [2.45, 2.75) is 39.3 Å². The average molecular weight is 290 g/mol. The van der Waals surface area contributed by atoms with Gasteiger partial charge in [-0.25, -0.2) is 0 Å². The second kappa shape index (κ2) is 7.75. The third-order valence-corrected chi connectivity index (χ3v) is 4.26. The predicted octanol–water partition coefficient (Wildman–Crippen LogP) is 3.93. The summed E-state index contributed by atoms with van der Waals surface area (Å²) >= 11 is 1.93. The highest BCUT2D eigenvalue weighted by atomic mass is 32.2. The van der Waals surface area contributed by atoms with Crippen molar-refractivity contribution in [3.8, 4) is 0 Å². The number of hydrogen-bond acceptors (Lipinski definition) is 2. The molecule has 0 saturated heterocycles. The van der Waals surface area contributed by atoms with Gasteiger partial charge < -0.3 is 9.88 Å². The quantitative estimate of drug-likeness (QED) is 0.742. The number of nitrogens with one attached hydrogen (secondary N) is 1. The van der Waals surface area contributed by atoms with E-state index >= 15 is 0 Å². The van der Waals surface area contributed by atoms with Crippen LogP contribution in [0.25, 0.3) is 10.9 Å². The lowest BCUT2D eigenvalue weighted by Crippen LogP contribution is -2.24. The van der Waals surface area contributed by atoms with Crippen molar-refractivity contribution in [3.05, 3.63) is 36.0 Å². The van der Waals surface area contributed by atoms with Crippen molar-refractivity contribution in [3.63, 3.8) is 0 Å². The number of fused-ring (bicyclic) bond motifs is 1. The average Bonchev–Trinajstić information content (AvgIpc) is 2.78. The molecule has 0 aliphatic rings. The fourth-order valence-electron chi connectivity index (χ4n) is 2.58. The summed E-state index contributed by atoms with van der Waals surface area (Å²) in [6.07, 6.45) is 6.88. The van der Waals surface area contributed by atoms with E-state index in [1.54, 1.807) is 0 Å². The second-order valence-corrected chi connectivity index (χ2v) is 6.56. The summed E-state index contributed by atoms with van der Waals surface area (Å²) in [5.41, 5.74) is 2.85. The van der Waals surface area contributed by atoms with E-state index in [-0.39, 0.29) is 0 Å². The van der Waals surface area contributed by atoms with E-state index in [4.69, 9.17) is 0 Å². The first-order valence-electron chi connectivity index (χ1n) is 7.51. The summed E-state index contributed by atoms with van der Waals surface area (Å²) in [4.78, 5) is 0. The Morgan fingerprint density at radius 1 is 1.25 bits per heavy atom. The molecule has 1 heterocycles. The van der Waals surface area contributed by atoms with Crippen molar-refractivity contribution in [2.24, 2.45) is 0 Å². The highest BCUT2D eigenvalue weighted by Crippen LogP contribution is 2.22. The molecule has 0 atom stereocenters. The molecule has 0 saturated carbocycles. The summed E-state index contributed by atoms with van der Waals surface area (Å²) in [6.45, 7) is 6.58. The molecule has 0 amide bonds. The van der Waals surface area contributed by atoms with Crippen LogP contribution in [-0.2, 0) is 13.0 Å². The first-order chi connectivity index (χ1) is 9.72. The Kier molecular flexibility index (Phi) is 5.99. The molecule has 0 fully saturated rings. The van der Waals surface area contributed by atoms with Crippen LogP contribution in [0.1, 0.15) is 25.8 Å². The fourth-order valence-corrected chi connectivity index (χ4v) is 3.00. The summed E-state index contributed by atoms with van der Waals surface area (Å²) in [5.74, 6) is 1.23. The molecule has 2 nitrogen and oxygen atoms in total. The van der Waals surface area contributed by atoms with Crippen LogP contribution >= 0.6 is 11.8 Å². The summed E-state index contributed by atoms with van der Waals surface area (Å²) in [5, 5.41) is 4.93. The number of hydrogen-bond donors (Lipinski definition) is 1. The monoisotopic (exact) mass is 290 g/mol. The summed E-state index contributed by atoms with van der Waals surface area (Å²) in [6, 6.07) is 9.35. The Balaban J connectivity index is 2.13. The van der Waals surface area contributed by atoms with E-state index in [9.17, 15) is 0 Å². The van der Waals surface area contributed by atoms with Crippen molar-refractivity contribution < 1.29 is 0 Å².